The van der Waals surface area contributed by atoms with Gasteiger partial charge in [-0.1, -0.05) is 32.9 Å². The van der Waals surface area contributed by atoms with Crippen LogP contribution in [-0.2, 0) is 16.3 Å². The van der Waals surface area contributed by atoms with Gasteiger partial charge in [-0.25, -0.2) is 8.42 Å². The fourth-order valence-corrected chi connectivity index (χ4v) is 2.36. The lowest BCUT2D eigenvalue weighted by atomic mass is 9.99. The fourth-order valence-electron chi connectivity index (χ4n) is 1.48. The van der Waals surface area contributed by atoms with Gasteiger partial charge in [0.15, 0.2) is 9.84 Å². The van der Waals surface area contributed by atoms with Gasteiger partial charge in [0.1, 0.15) is 0 Å². The van der Waals surface area contributed by atoms with Crippen molar-refractivity contribution in [1.82, 2.24) is 0 Å². The van der Waals surface area contributed by atoms with Crippen molar-refractivity contribution in [2.24, 2.45) is 5.92 Å². The van der Waals surface area contributed by atoms with Crippen LogP contribution in [-0.4, -0.2) is 25.4 Å². The molecule has 0 aliphatic carbocycles. The first kappa shape index (κ1) is 14.2. The number of rotatable bonds is 5. The zero-order chi connectivity index (χ0) is 13.1. The molecule has 0 spiro atoms. The molecule has 0 amide bonds. The quantitative estimate of drug-likeness (QED) is 0.877. The molecule has 0 bridgehead atoms. The molecule has 3 nitrogen and oxygen atoms in total. The van der Waals surface area contributed by atoms with Crippen LogP contribution in [0.25, 0.3) is 0 Å². The lowest BCUT2D eigenvalue weighted by Gasteiger charge is -2.14. The van der Waals surface area contributed by atoms with Gasteiger partial charge in [-0.15, -0.1) is 0 Å². The highest BCUT2D eigenvalue weighted by Crippen LogP contribution is 2.15. The van der Waals surface area contributed by atoms with Crippen LogP contribution >= 0.6 is 0 Å². The monoisotopic (exact) mass is 256 g/mol. The Balaban J connectivity index is 2.82. The number of sulfone groups is 1. The van der Waals surface area contributed by atoms with Crippen LogP contribution in [0.15, 0.2) is 29.2 Å². The summed E-state index contributed by atoms with van der Waals surface area (Å²) in [5.41, 5.74) is 0.959. The Morgan fingerprint density at radius 2 is 1.71 bits per heavy atom. The summed E-state index contributed by atoms with van der Waals surface area (Å²) in [5.74, 6) is 0.315. The van der Waals surface area contributed by atoms with Gasteiger partial charge in [0.2, 0.25) is 0 Å². The van der Waals surface area contributed by atoms with Crippen LogP contribution in [0, 0.1) is 5.92 Å². The van der Waals surface area contributed by atoms with Crippen LogP contribution in [0.3, 0.4) is 0 Å². The lowest BCUT2D eigenvalue weighted by Crippen LogP contribution is -2.17. The number of benzene rings is 1. The molecule has 1 aromatic carbocycles. The predicted molar refractivity (Wildman–Crippen MR) is 68.7 cm³/mol. The van der Waals surface area contributed by atoms with Gasteiger partial charge in [-0.2, -0.15) is 0 Å². The molecular weight excluding hydrogens is 236 g/mol. The maximum atomic E-state index is 11.6. The molecule has 0 fully saturated rings. The van der Waals surface area contributed by atoms with E-state index < -0.39 is 9.84 Å². The molecule has 1 unspecified atom stereocenters. The van der Waals surface area contributed by atoms with Gasteiger partial charge < -0.3 is 5.11 Å². The molecule has 0 saturated heterocycles. The second-order valence-electron chi connectivity index (χ2n) is 4.56. The second-order valence-corrected chi connectivity index (χ2v) is 6.84. The Morgan fingerprint density at radius 3 is 2.12 bits per heavy atom. The van der Waals surface area contributed by atoms with Crippen molar-refractivity contribution in [3.05, 3.63) is 29.8 Å². The Morgan fingerprint density at radius 1 is 1.18 bits per heavy atom. The molecule has 1 atom stereocenters. The van der Waals surface area contributed by atoms with E-state index in [-0.39, 0.29) is 17.8 Å². The van der Waals surface area contributed by atoms with E-state index in [2.05, 4.69) is 0 Å². The number of aliphatic hydroxyl groups excluding tert-OH is 1. The van der Waals surface area contributed by atoms with Crippen molar-refractivity contribution < 1.29 is 13.5 Å². The first-order valence-corrected chi connectivity index (χ1v) is 7.51. The highest BCUT2D eigenvalue weighted by atomic mass is 32.2. The molecule has 96 valence electrons. The van der Waals surface area contributed by atoms with Gasteiger partial charge in [0, 0.05) is 0 Å². The molecule has 0 heterocycles. The van der Waals surface area contributed by atoms with Crippen LogP contribution in [0.1, 0.15) is 26.3 Å². The summed E-state index contributed by atoms with van der Waals surface area (Å²) in [6.45, 7) is 5.55. The van der Waals surface area contributed by atoms with Crippen molar-refractivity contribution in [3.8, 4) is 0 Å². The highest BCUT2D eigenvalue weighted by molar-refractivity contribution is 7.91. The fraction of sp³-hybridized carbons (Fsp3) is 0.538. The summed E-state index contributed by atoms with van der Waals surface area (Å²) in [7, 11) is -3.12. The van der Waals surface area contributed by atoms with Crippen molar-refractivity contribution >= 4 is 9.84 Å². The van der Waals surface area contributed by atoms with Gasteiger partial charge in [-0.05, 0) is 30.0 Å². The summed E-state index contributed by atoms with van der Waals surface area (Å²) in [4.78, 5) is 0.350. The summed E-state index contributed by atoms with van der Waals surface area (Å²) in [5, 5.41) is 9.74. The van der Waals surface area contributed by atoms with E-state index in [1.165, 1.54) is 0 Å². The Labute approximate surface area is 103 Å². The molecule has 0 aliphatic rings. The van der Waals surface area contributed by atoms with E-state index in [9.17, 15) is 13.5 Å². The maximum Gasteiger partial charge on any atom is 0.178 e. The van der Waals surface area contributed by atoms with Gasteiger partial charge >= 0.3 is 0 Å². The van der Waals surface area contributed by atoms with Crippen LogP contribution < -0.4 is 0 Å². The zero-order valence-electron chi connectivity index (χ0n) is 10.6. The van der Waals surface area contributed by atoms with E-state index in [0.29, 0.717) is 11.3 Å². The lowest BCUT2D eigenvalue weighted by molar-refractivity contribution is 0.125. The van der Waals surface area contributed by atoms with Crippen LogP contribution in [0.2, 0.25) is 0 Å². The van der Waals surface area contributed by atoms with E-state index in [0.717, 1.165) is 5.56 Å². The summed E-state index contributed by atoms with van der Waals surface area (Å²) in [6, 6.07) is 6.77. The largest absolute Gasteiger partial charge is 0.393 e. The highest BCUT2D eigenvalue weighted by Gasteiger charge is 2.13. The molecule has 17 heavy (non-hydrogen) atoms. The van der Waals surface area contributed by atoms with E-state index >= 15 is 0 Å². The normalized spacial score (nSPS) is 13.9. The molecule has 1 aromatic rings. The molecule has 0 saturated carbocycles. The molecule has 0 radical (unpaired) electrons. The van der Waals surface area contributed by atoms with Gasteiger partial charge in [0.25, 0.3) is 0 Å². The Kier molecular flexibility index (Phi) is 4.71. The predicted octanol–water partition coefficient (Wildman–Crippen LogP) is 2.04. The van der Waals surface area contributed by atoms with Crippen LogP contribution in [0.4, 0.5) is 0 Å². The van der Waals surface area contributed by atoms with Gasteiger partial charge in [-0.3, -0.25) is 0 Å². The van der Waals surface area contributed by atoms with Crippen molar-refractivity contribution in [1.29, 1.82) is 0 Å². The third-order valence-electron chi connectivity index (χ3n) is 2.88. The average Bonchev–Trinajstić information content (AvgIpc) is 2.29. The van der Waals surface area contributed by atoms with E-state index in [4.69, 9.17) is 0 Å². The molecule has 0 aliphatic heterocycles. The van der Waals surface area contributed by atoms with E-state index in [1.807, 2.05) is 13.8 Å². The smallest absolute Gasteiger partial charge is 0.178 e. The maximum absolute atomic E-state index is 11.6. The second kappa shape index (κ2) is 5.65. The van der Waals surface area contributed by atoms with Gasteiger partial charge in [0.05, 0.1) is 16.8 Å². The minimum Gasteiger partial charge on any atom is -0.393 e. The third-order valence-corrected chi connectivity index (χ3v) is 4.63. The van der Waals surface area contributed by atoms with Crippen molar-refractivity contribution in [2.45, 2.75) is 38.2 Å². The molecular formula is C13H20O3S. The minimum atomic E-state index is -3.12. The molecule has 4 heteroatoms. The third kappa shape index (κ3) is 3.82. The number of hydrogen-bond donors (Lipinski definition) is 1. The SMILES string of the molecule is CCS(=O)(=O)c1ccc(CC(O)C(C)C)cc1. The summed E-state index contributed by atoms with van der Waals surface area (Å²) >= 11 is 0. The zero-order valence-corrected chi connectivity index (χ0v) is 11.4. The molecule has 1 rings (SSSR count). The first-order valence-electron chi connectivity index (χ1n) is 5.86. The van der Waals surface area contributed by atoms with E-state index in [1.54, 1.807) is 31.2 Å². The van der Waals surface area contributed by atoms with Crippen molar-refractivity contribution in [3.63, 3.8) is 0 Å². The first-order chi connectivity index (χ1) is 7.86. The number of hydrogen-bond acceptors (Lipinski definition) is 3. The topological polar surface area (TPSA) is 54.4 Å². The minimum absolute atomic E-state index is 0.112. The standard InChI is InChI=1S/C13H20O3S/c1-4-17(15,16)12-7-5-11(6-8-12)9-13(14)10(2)3/h5-8,10,13-14H,4,9H2,1-3H3. The molecule has 0 aromatic heterocycles. The number of aliphatic hydroxyl groups is 1. The summed E-state index contributed by atoms with van der Waals surface area (Å²) < 4.78 is 23.2. The summed E-state index contributed by atoms with van der Waals surface area (Å²) in [6.07, 6.45) is 0.174. The Hall–Kier alpha value is -0.870. The molecule has 1 N–H and O–H groups in total. The average molecular weight is 256 g/mol. The Bertz CT molecular complexity index is 446. The van der Waals surface area contributed by atoms with Crippen LogP contribution in [0.5, 0.6) is 0 Å². The van der Waals surface area contributed by atoms with Crippen molar-refractivity contribution in [2.75, 3.05) is 5.75 Å².